The first-order valence-corrected chi connectivity index (χ1v) is 6.14. The summed E-state index contributed by atoms with van der Waals surface area (Å²) in [7, 11) is 0. The summed E-state index contributed by atoms with van der Waals surface area (Å²) in [6.07, 6.45) is 2.32. The summed E-state index contributed by atoms with van der Waals surface area (Å²) in [6, 6.07) is 0. The summed E-state index contributed by atoms with van der Waals surface area (Å²) in [5, 5.41) is 9.51. The van der Waals surface area contributed by atoms with E-state index in [1.807, 2.05) is 6.92 Å². The van der Waals surface area contributed by atoms with Crippen LogP contribution in [0.4, 0.5) is 0 Å². The Kier molecular flexibility index (Phi) is 3.38. The Morgan fingerprint density at radius 3 is 2.50 bits per heavy atom. The molecule has 1 aliphatic heterocycles. The van der Waals surface area contributed by atoms with Gasteiger partial charge < -0.3 is 9.84 Å². The third-order valence-electron chi connectivity index (χ3n) is 3.75. The van der Waals surface area contributed by atoms with Gasteiger partial charge in [0.2, 0.25) is 0 Å². The number of morpholine rings is 1. The first kappa shape index (κ1) is 13.0. The zero-order valence-corrected chi connectivity index (χ0v) is 10.3. The number of hydrogen-bond acceptors (Lipinski definition) is 4. The van der Waals surface area contributed by atoms with E-state index in [4.69, 9.17) is 4.74 Å². The van der Waals surface area contributed by atoms with Gasteiger partial charge in [-0.2, -0.15) is 0 Å². The van der Waals surface area contributed by atoms with Gasteiger partial charge in [0.05, 0.1) is 0 Å². The van der Waals surface area contributed by atoms with E-state index in [2.05, 4.69) is 0 Å². The van der Waals surface area contributed by atoms with Crippen molar-refractivity contribution in [2.75, 3.05) is 13.2 Å². The van der Waals surface area contributed by atoms with Gasteiger partial charge in [0, 0.05) is 0 Å². The second kappa shape index (κ2) is 4.68. The molecule has 2 atom stereocenters. The number of carbonyl (C=O) groups is 3. The molecule has 1 heterocycles. The maximum absolute atomic E-state index is 11.8. The average molecular weight is 255 g/mol. The van der Waals surface area contributed by atoms with Crippen molar-refractivity contribution in [3.8, 4) is 0 Å². The third-order valence-corrected chi connectivity index (χ3v) is 3.75. The molecule has 0 aromatic carbocycles. The topological polar surface area (TPSA) is 83.9 Å². The highest BCUT2D eigenvalue weighted by Crippen LogP contribution is 2.38. The molecular formula is C12H17NO5. The van der Waals surface area contributed by atoms with E-state index < -0.39 is 23.3 Å². The van der Waals surface area contributed by atoms with Crippen LogP contribution in [0.5, 0.6) is 0 Å². The Hall–Kier alpha value is -1.43. The van der Waals surface area contributed by atoms with Crippen LogP contribution in [0.3, 0.4) is 0 Å². The molecule has 1 saturated heterocycles. The van der Waals surface area contributed by atoms with E-state index in [-0.39, 0.29) is 19.1 Å². The maximum Gasteiger partial charge on any atom is 0.330 e. The lowest BCUT2D eigenvalue weighted by Gasteiger charge is -2.44. The lowest BCUT2D eigenvalue weighted by atomic mass is 9.75. The number of hydrogen-bond donors (Lipinski definition) is 1. The second-order valence-electron chi connectivity index (χ2n) is 5.15. The molecule has 2 amide bonds. The van der Waals surface area contributed by atoms with Gasteiger partial charge in [-0.25, -0.2) is 4.79 Å². The van der Waals surface area contributed by atoms with Crippen LogP contribution in [0.1, 0.15) is 32.6 Å². The number of nitrogens with zero attached hydrogens (tertiary/aromatic N) is 1. The Balaban J connectivity index is 2.36. The monoisotopic (exact) mass is 255 g/mol. The summed E-state index contributed by atoms with van der Waals surface area (Å²) < 4.78 is 4.83. The number of amides is 2. The molecule has 0 aromatic rings. The van der Waals surface area contributed by atoms with E-state index >= 15 is 0 Å². The number of rotatable bonds is 2. The molecule has 2 rings (SSSR count). The lowest BCUT2D eigenvalue weighted by Crippen LogP contribution is -2.64. The molecule has 2 aliphatic rings. The Morgan fingerprint density at radius 1 is 1.39 bits per heavy atom. The number of carboxylic acids is 1. The van der Waals surface area contributed by atoms with Crippen molar-refractivity contribution >= 4 is 17.8 Å². The molecule has 0 radical (unpaired) electrons. The van der Waals surface area contributed by atoms with Crippen LogP contribution in [0.15, 0.2) is 0 Å². The number of aliphatic carboxylic acids is 1. The van der Waals surface area contributed by atoms with Crippen molar-refractivity contribution in [3.63, 3.8) is 0 Å². The molecule has 1 saturated carbocycles. The van der Waals surface area contributed by atoms with Gasteiger partial charge in [-0.05, 0) is 18.8 Å². The molecular weight excluding hydrogens is 238 g/mol. The first-order valence-electron chi connectivity index (χ1n) is 6.14. The fourth-order valence-corrected chi connectivity index (χ4v) is 2.99. The van der Waals surface area contributed by atoms with Crippen molar-refractivity contribution in [2.45, 2.75) is 38.1 Å². The summed E-state index contributed by atoms with van der Waals surface area (Å²) in [4.78, 5) is 36.2. The lowest BCUT2D eigenvalue weighted by molar-refractivity contribution is -0.179. The highest BCUT2D eigenvalue weighted by molar-refractivity contribution is 6.03. The molecule has 0 spiro atoms. The maximum atomic E-state index is 11.8. The Bertz CT molecular complexity index is 378. The van der Waals surface area contributed by atoms with Crippen molar-refractivity contribution in [1.82, 2.24) is 4.90 Å². The Morgan fingerprint density at radius 2 is 2.00 bits per heavy atom. The van der Waals surface area contributed by atoms with Crippen LogP contribution in [-0.4, -0.2) is 46.5 Å². The normalized spacial score (nSPS) is 33.6. The highest BCUT2D eigenvalue weighted by Gasteiger charge is 2.52. The van der Waals surface area contributed by atoms with E-state index in [1.165, 1.54) is 0 Å². The second-order valence-corrected chi connectivity index (χ2v) is 5.15. The molecule has 2 fully saturated rings. The summed E-state index contributed by atoms with van der Waals surface area (Å²) in [5.41, 5.74) is -1.37. The standard InChI is InChI=1S/C12H17NO5/c1-8-3-2-4-12(5-8,11(16)17)13-9(14)6-18-7-10(13)15/h8H,2-7H2,1H3,(H,16,17). The molecule has 6 nitrogen and oxygen atoms in total. The van der Waals surface area contributed by atoms with E-state index in [1.54, 1.807) is 0 Å². The van der Waals surface area contributed by atoms with Crippen LogP contribution in [0.25, 0.3) is 0 Å². The minimum absolute atomic E-state index is 0.193. The summed E-state index contributed by atoms with van der Waals surface area (Å²) in [5.74, 6) is -1.97. The van der Waals surface area contributed by atoms with Crippen LogP contribution in [0, 0.1) is 5.92 Å². The molecule has 0 aromatic heterocycles. The highest BCUT2D eigenvalue weighted by atomic mass is 16.5. The van der Waals surface area contributed by atoms with Gasteiger partial charge in [-0.15, -0.1) is 0 Å². The van der Waals surface area contributed by atoms with E-state index in [0.717, 1.165) is 11.3 Å². The van der Waals surface area contributed by atoms with Gasteiger partial charge in [0.15, 0.2) is 0 Å². The predicted molar refractivity (Wildman–Crippen MR) is 60.7 cm³/mol. The average Bonchev–Trinajstić information content (AvgIpc) is 2.28. The molecule has 0 bridgehead atoms. The van der Waals surface area contributed by atoms with Crippen molar-refractivity contribution in [1.29, 1.82) is 0 Å². The SMILES string of the molecule is CC1CCCC(C(=O)O)(N2C(=O)COCC2=O)C1. The first-order chi connectivity index (χ1) is 8.47. The molecule has 1 N–H and O–H groups in total. The number of imide groups is 1. The summed E-state index contributed by atoms with van der Waals surface area (Å²) >= 11 is 0. The van der Waals surface area contributed by atoms with Gasteiger partial charge in [0.25, 0.3) is 11.8 Å². The summed E-state index contributed by atoms with van der Waals surface area (Å²) in [6.45, 7) is 1.52. The van der Waals surface area contributed by atoms with Crippen molar-refractivity contribution in [3.05, 3.63) is 0 Å². The minimum atomic E-state index is -1.37. The van der Waals surface area contributed by atoms with Gasteiger partial charge in [0.1, 0.15) is 18.8 Å². The van der Waals surface area contributed by atoms with E-state index in [9.17, 15) is 19.5 Å². The van der Waals surface area contributed by atoms with Crippen LogP contribution in [0.2, 0.25) is 0 Å². The fourth-order valence-electron chi connectivity index (χ4n) is 2.99. The van der Waals surface area contributed by atoms with Crippen LogP contribution >= 0.6 is 0 Å². The number of ether oxygens (including phenoxy) is 1. The molecule has 100 valence electrons. The fraction of sp³-hybridized carbons (Fsp3) is 0.750. The van der Waals surface area contributed by atoms with E-state index in [0.29, 0.717) is 19.3 Å². The van der Waals surface area contributed by atoms with Gasteiger partial charge in [-0.1, -0.05) is 19.8 Å². The predicted octanol–water partition coefficient (Wildman–Crippen LogP) is 0.405. The smallest absolute Gasteiger partial charge is 0.330 e. The zero-order valence-electron chi connectivity index (χ0n) is 10.3. The van der Waals surface area contributed by atoms with Gasteiger partial charge in [-0.3, -0.25) is 14.5 Å². The molecule has 6 heteroatoms. The molecule has 1 aliphatic carbocycles. The largest absolute Gasteiger partial charge is 0.479 e. The quantitative estimate of drug-likeness (QED) is 0.722. The minimum Gasteiger partial charge on any atom is -0.479 e. The van der Waals surface area contributed by atoms with Gasteiger partial charge >= 0.3 is 5.97 Å². The zero-order chi connectivity index (χ0) is 13.3. The number of carbonyl (C=O) groups excluding carboxylic acids is 2. The number of carboxylic acid groups (broad SMARTS) is 1. The molecule has 2 unspecified atom stereocenters. The van der Waals surface area contributed by atoms with Crippen molar-refractivity contribution in [2.24, 2.45) is 5.92 Å². The molecule has 18 heavy (non-hydrogen) atoms. The van der Waals surface area contributed by atoms with Crippen molar-refractivity contribution < 1.29 is 24.2 Å². The van der Waals surface area contributed by atoms with Crippen LogP contribution in [-0.2, 0) is 19.1 Å². The Labute approximate surface area is 105 Å². The third kappa shape index (κ3) is 2.01. The van der Waals surface area contributed by atoms with Crippen LogP contribution < -0.4 is 0 Å².